The van der Waals surface area contributed by atoms with Crippen LogP contribution in [0.25, 0.3) is 0 Å². The lowest BCUT2D eigenvalue weighted by atomic mass is 10.1. The summed E-state index contributed by atoms with van der Waals surface area (Å²) in [7, 11) is 0. The van der Waals surface area contributed by atoms with Gasteiger partial charge >= 0.3 is 5.82 Å². The van der Waals surface area contributed by atoms with E-state index in [-0.39, 0.29) is 5.82 Å². The lowest BCUT2D eigenvalue weighted by Crippen LogP contribution is -2.24. The molecule has 2 aromatic rings. The molecule has 2 aromatic heterocycles. The first-order valence-electron chi connectivity index (χ1n) is 6.35. The van der Waals surface area contributed by atoms with E-state index in [0.29, 0.717) is 25.5 Å². The first-order chi connectivity index (χ1) is 10.1. The quantitative estimate of drug-likeness (QED) is 0.607. The first kappa shape index (κ1) is 13.6. The Morgan fingerprint density at radius 3 is 2.90 bits per heavy atom. The van der Waals surface area contributed by atoms with Crippen LogP contribution in [0.3, 0.4) is 0 Å². The zero-order chi connectivity index (χ0) is 14.9. The van der Waals surface area contributed by atoms with Crippen molar-refractivity contribution in [1.29, 1.82) is 0 Å². The molecule has 1 aliphatic rings. The average molecular weight is 291 g/mol. The molecule has 0 N–H and O–H groups in total. The molecule has 0 saturated carbocycles. The zero-order valence-corrected chi connectivity index (χ0v) is 11.3. The Kier molecular flexibility index (Phi) is 3.35. The van der Waals surface area contributed by atoms with E-state index in [1.807, 2.05) is 13.0 Å². The Balaban J connectivity index is 1.81. The first-order valence-corrected chi connectivity index (χ1v) is 6.35. The number of hydrogen-bond donors (Lipinski definition) is 0. The minimum absolute atomic E-state index is 0.279. The fourth-order valence-corrected chi connectivity index (χ4v) is 2.09. The van der Waals surface area contributed by atoms with Crippen LogP contribution in [-0.2, 0) is 21.8 Å². The van der Waals surface area contributed by atoms with Crippen molar-refractivity contribution in [2.45, 2.75) is 19.3 Å². The van der Waals surface area contributed by atoms with Crippen LogP contribution in [0.2, 0.25) is 0 Å². The van der Waals surface area contributed by atoms with E-state index in [4.69, 9.17) is 9.47 Å². The topological polar surface area (TPSA) is 105 Å². The predicted octanol–water partition coefficient (Wildman–Crippen LogP) is 0.849. The van der Waals surface area contributed by atoms with Crippen molar-refractivity contribution in [3.63, 3.8) is 0 Å². The van der Waals surface area contributed by atoms with E-state index in [2.05, 4.69) is 15.2 Å². The molecule has 3 rings (SSSR count). The maximum atomic E-state index is 10.6. The molecule has 0 bridgehead atoms. The van der Waals surface area contributed by atoms with E-state index in [1.54, 1.807) is 12.3 Å². The van der Waals surface area contributed by atoms with E-state index in [9.17, 15) is 10.1 Å². The number of ether oxygens (including phenoxy) is 2. The maximum absolute atomic E-state index is 10.6. The van der Waals surface area contributed by atoms with Crippen LogP contribution in [-0.4, -0.2) is 38.1 Å². The van der Waals surface area contributed by atoms with Gasteiger partial charge in [-0.1, -0.05) is 4.80 Å². The smallest absolute Gasteiger partial charge is 0.358 e. The Bertz CT molecular complexity index is 665. The third kappa shape index (κ3) is 2.73. The molecule has 0 spiro atoms. The Morgan fingerprint density at radius 1 is 1.48 bits per heavy atom. The highest BCUT2D eigenvalue weighted by Gasteiger charge is 2.34. The molecule has 0 aliphatic carbocycles. The summed E-state index contributed by atoms with van der Waals surface area (Å²) in [6.45, 7) is 3.16. The lowest BCUT2D eigenvalue weighted by Gasteiger charge is -2.21. The Labute approximate surface area is 119 Å². The van der Waals surface area contributed by atoms with Crippen LogP contribution in [0.5, 0.6) is 0 Å². The molecule has 1 aliphatic heterocycles. The second-order valence-corrected chi connectivity index (χ2v) is 4.68. The van der Waals surface area contributed by atoms with Gasteiger partial charge < -0.3 is 19.6 Å². The summed E-state index contributed by atoms with van der Waals surface area (Å²) in [5.74, 6) is -1.13. The molecule has 0 amide bonds. The van der Waals surface area contributed by atoms with Crippen molar-refractivity contribution in [1.82, 2.24) is 20.0 Å². The molecule has 0 aromatic carbocycles. The molecule has 3 heterocycles. The maximum Gasteiger partial charge on any atom is 0.410 e. The van der Waals surface area contributed by atoms with Gasteiger partial charge in [0.1, 0.15) is 6.54 Å². The van der Waals surface area contributed by atoms with Crippen molar-refractivity contribution < 1.29 is 14.4 Å². The van der Waals surface area contributed by atoms with Gasteiger partial charge in [-0.3, -0.25) is 4.98 Å². The van der Waals surface area contributed by atoms with Gasteiger partial charge in [-0.25, -0.2) is 0 Å². The molecular weight excluding hydrogens is 278 g/mol. The van der Waals surface area contributed by atoms with Crippen LogP contribution in [0.4, 0.5) is 5.82 Å². The fraction of sp³-hybridized carbons (Fsp3) is 0.417. The van der Waals surface area contributed by atoms with Gasteiger partial charge in [0.25, 0.3) is 0 Å². The zero-order valence-electron chi connectivity index (χ0n) is 11.3. The Morgan fingerprint density at radius 2 is 2.24 bits per heavy atom. The monoisotopic (exact) mass is 291 g/mol. The molecule has 0 atom stereocenters. The summed E-state index contributed by atoms with van der Waals surface area (Å²) in [6.07, 6.45) is 2.76. The molecule has 1 saturated heterocycles. The normalized spacial score (nSPS) is 17.0. The SMILES string of the molecule is CC1(c2cc(Cn3ncc([N+](=O)[O-])n3)ccn2)OCCO1. The molecule has 21 heavy (non-hydrogen) atoms. The summed E-state index contributed by atoms with van der Waals surface area (Å²) >= 11 is 0. The van der Waals surface area contributed by atoms with Crippen LogP contribution in [0.15, 0.2) is 24.5 Å². The summed E-state index contributed by atoms with van der Waals surface area (Å²) in [5, 5.41) is 18.2. The predicted molar refractivity (Wildman–Crippen MR) is 69.3 cm³/mol. The van der Waals surface area contributed by atoms with Crippen LogP contribution >= 0.6 is 0 Å². The summed E-state index contributed by atoms with van der Waals surface area (Å²) in [5.41, 5.74) is 1.50. The summed E-state index contributed by atoms with van der Waals surface area (Å²) in [4.78, 5) is 15.5. The fourth-order valence-electron chi connectivity index (χ4n) is 2.09. The van der Waals surface area contributed by atoms with Crippen molar-refractivity contribution in [3.05, 3.63) is 45.9 Å². The van der Waals surface area contributed by atoms with E-state index in [1.165, 1.54) is 4.80 Å². The Hall–Kier alpha value is -2.39. The van der Waals surface area contributed by atoms with Gasteiger partial charge in [0.15, 0.2) is 6.20 Å². The van der Waals surface area contributed by atoms with E-state index >= 15 is 0 Å². The van der Waals surface area contributed by atoms with Crippen LogP contribution in [0.1, 0.15) is 18.2 Å². The number of nitrogens with zero attached hydrogens (tertiary/aromatic N) is 5. The number of pyridine rings is 1. The highest BCUT2D eigenvalue weighted by atomic mass is 16.7. The molecular formula is C12H13N5O4. The third-order valence-electron chi connectivity index (χ3n) is 3.16. The van der Waals surface area contributed by atoms with Gasteiger partial charge in [-0.2, -0.15) is 0 Å². The molecule has 9 nitrogen and oxygen atoms in total. The van der Waals surface area contributed by atoms with Gasteiger partial charge in [0.05, 0.1) is 24.0 Å². The highest BCUT2D eigenvalue weighted by molar-refractivity contribution is 5.20. The number of rotatable bonds is 4. The lowest BCUT2D eigenvalue weighted by molar-refractivity contribution is -0.389. The number of nitro groups is 1. The van der Waals surface area contributed by atoms with Crippen molar-refractivity contribution in [2.24, 2.45) is 0 Å². The van der Waals surface area contributed by atoms with E-state index < -0.39 is 10.7 Å². The minimum atomic E-state index is -0.848. The standard InChI is InChI=1S/C12H13N5O4/c1-12(20-4-5-21-12)10-6-9(2-3-13-10)8-16-14-7-11(15-16)17(18)19/h2-3,6-7H,4-5,8H2,1H3. The van der Waals surface area contributed by atoms with Crippen LogP contribution in [0, 0.1) is 10.1 Å². The van der Waals surface area contributed by atoms with E-state index in [0.717, 1.165) is 11.8 Å². The molecule has 9 heteroatoms. The molecule has 1 fully saturated rings. The van der Waals surface area contributed by atoms with Crippen molar-refractivity contribution in [3.8, 4) is 0 Å². The van der Waals surface area contributed by atoms with Gasteiger partial charge in [-0.15, -0.1) is 5.10 Å². The molecule has 0 radical (unpaired) electrons. The van der Waals surface area contributed by atoms with Gasteiger partial charge in [0.2, 0.25) is 5.79 Å². The van der Waals surface area contributed by atoms with Crippen molar-refractivity contribution >= 4 is 5.82 Å². The third-order valence-corrected chi connectivity index (χ3v) is 3.16. The number of hydrogen-bond acceptors (Lipinski definition) is 7. The summed E-state index contributed by atoms with van der Waals surface area (Å²) < 4.78 is 11.1. The van der Waals surface area contributed by atoms with Gasteiger partial charge in [0, 0.05) is 6.20 Å². The minimum Gasteiger partial charge on any atom is -0.358 e. The van der Waals surface area contributed by atoms with Gasteiger partial charge in [-0.05, 0) is 29.5 Å². The largest absolute Gasteiger partial charge is 0.410 e. The second-order valence-electron chi connectivity index (χ2n) is 4.68. The molecule has 110 valence electrons. The summed E-state index contributed by atoms with van der Waals surface area (Å²) in [6, 6.07) is 3.61. The molecule has 0 unspecified atom stereocenters. The average Bonchev–Trinajstić information content (AvgIpc) is 3.09. The second kappa shape index (κ2) is 5.19. The van der Waals surface area contributed by atoms with Crippen LogP contribution < -0.4 is 0 Å². The highest BCUT2D eigenvalue weighted by Crippen LogP contribution is 2.29. The number of aromatic nitrogens is 4. The van der Waals surface area contributed by atoms with Crippen molar-refractivity contribution in [2.75, 3.05) is 13.2 Å².